The van der Waals surface area contributed by atoms with Gasteiger partial charge in [-0.15, -0.1) is 0 Å². The van der Waals surface area contributed by atoms with Crippen LogP contribution in [0.5, 0.6) is 0 Å². The van der Waals surface area contributed by atoms with Gasteiger partial charge < -0.3 is 15.1 Å². The van der Waals surface area contributed by atoms with Crippen molar-refractivity contribution in [1.29, 1.82) is 0 Å². The normalized spacial score (nSPS) is 20.2. The zero-order valence-electron chi connectivity index (χ0n) is 16.9. The maximum Gasteiger partial charge on any atom is 0.239 e. The van der Waals surface area contributed by atoms with E-state index >= 15 is 0 Å². The number of amides is 1. The van der Waals surface area contributed by atoms with Crippen molar-refractivity contribution in [3.63, 3.8) is 0 Å². The van der Waals surface area contributed by atoms with E-state index in [0.29, 0.717) is 6.54 Å². The molecule has 1 aromatic heterocycles. The minimum atomic E-state index is -0.0285. The number of carbonyl (C=O) groups excluding carboxylic acids is 1. The lowest BCUT2D eigenvalue weighted by Gasteiger charge is -2.39. The largest absolute Gasteiger partial charge is 0.357 e. The first kappa shape index (κ1) is 19.7. The Bertz CT molecular complexity index is 642. The Labute approximate surface area is 162 Å². The number of hydrogen-bond donors (Lipinski definition) is 1. The second-order valence-electron chi connectivity index (χ2n) is 7.35. The average molecular weight is 376 g/mol. The molecule has 1 atom stereocenters. The van der Waals surface area contributed by atoms with Gasteiger partial charge in [0.25, 0.3) is 0 Å². The lowest BCUT2D eigenvalue weighted by Crippen LogP contribution is -2.57. The van der Waals surface area contributed by atoms with E-state index in [9.17, 15) is 4.79 Å². The minimum Gasteiger partial charge on any atom is -0.357 e. The number of nitrogens with zero attached hydrogens (tertiary/aromatic N) is 6. The third-order valence-electron chi connectivity index (χ3n) is 5.58. The second kappa shape index (κ2) is 9.21. The first-order chi connectivity index (χ1) is 13.1. The molecule has 1 N–H and O–H groups in total. The van der Waals surface area contributed by atoms with Gasteiger partial charge in [-0.1, -0.05) is 0 Å². The van der Waals surface area contributed by atoms with Crippen molar-refractivity contribution in [2.45, 2.75) is 39.3 Å². The predicted octanol–water partition coefficient (Wildman–Crippen LogP) is 0.514. The van der Waals surface area contributed by atoms with Crippen LogP contribution in [0.1, 0.15) is 32.4 Å². The molecule has 27 heavy (non-hydrogen) atoms. The monoisotopic (exact) mass is 375 g/mol. The van der Waals surface area contributed by atoms with E-state index in [4.69, 9.17) is 4.99 Å². The van der Waals surface area contributed by atoms with Crippen LogP contribution in [-0.2, 0) is 18.4 Å². The van der Waals surface area contributed by atoms with E-state index in [1.54, 1.807) is 6.20 Å². The number of guanidine groups is 1. The molecule has 3 rings (SSSR count). The molecule has 0 saturated carbocycles. The Kier molecular flexibility index (Phi) is 6.71. The summed E-state index contributed by atoms with van der Waals surface area (Å²) in [5, 5.41) is 7.60. The highest BCUT2D eigenvalue weighted by atomic mass is 16.2. The van der Waals surface area contributed by atoms with E-state index in [0.717, 1.165) is 70.3 Å². The zero-order valence-corrected chi connectivity index (χ0v) is 16.9. The minimum absolute atomic E-state index is 0.0285. The van der Waals surface area contributed by atoms with Crippen molar-refractivity contribution in [3.8, 4) is 0 Å². The van der Waals surface area contributed by atoms with E-state index in [2.05, 4.69) is 34.1 Å². The van der Waals surface area contributed by atoms with Crippen LogP contribution < -0.4 is 5.32 Å². The standard InChI is InChI=1S/C19H33N7O/c1-4-20-19(21-15-17-7-8-22-23(17)3)26-13-11-24(12-14-26)16(2)18(27)25-9-5-6-10-25/h7-8,16H,4-6,9-15H2,1-3H3,(H,20,21). The molecule has 0 aliphatic carbocycles. The zero-order chi connectivity index (χ0) is 19.2. The number of rotatable bonds is 5. The summed E-state index contributed by atoms with van der Waals surface area (Å²) in [5.41, 5.74) is 1.09. The third kappa shape index (κ3) is 4.80. The van der Waals surface area contributed by atoms with Crippen molar-refractivity contribution < 1.29 is 4.79 Å². The molecule has 2 fully saturated rings. The van der Waals surface area contributed by atoms with Gasteiger partial charge in [0.05, 0.1) is 18.3 Å². The molecular formula is C19H33N7O. The molecule has 0 bridgehead atoms. The van der Waals surface area contributed by atoms with Gasteiger partial charge in [0, 0.05) is 59.1 Å². The first-order valence-corrected chi connectivity index (χ1v) is 10.1. The molecule has 150 valence electrons. The van der Waals surface area contributed by atoms with Gasteiger partial charge in [-0.25, -0.2) is 4.99 Å². The highest BCUT2D eigenvalue weighted by Gasteiger charge is 2.30. The number of nitrogens with one attached hydrogen (secondary N) is 1. The number of hydrogen-bond acceptors (Lipinski definition) is 4. The number of carbonyl (C=O) groups is 1. The smallest absolute Gasteiger partial charge is 0.239 e. The van der Waals surface area contributed by atoms with Crippen molar-refractivity contribution in [3.05, 3.63) is 18.0 Å². The van der Waals surface area contributed by atoms with Crippen LogP contribution >= 0.6 is 0 Å². The molecule has 1 aromatic rings. The molecule has 3 heterocycles. The van der Waals surface area contributed by atoms with Crippen LogP contribution in [0.25, 0.3) is 0 Å². The molecule has 1 unspecified atom stereocenters. The summed E-state index contributed by atoms with van der Waals surface area (Å²) in [6, 6.07) is 1.97. The maximum atomic E-state index is 12.7. The second-order valence-corrected chi connectivity index (χ2v) is 7.35. The third-order valence-corrected chi connectivity index (χ3v) is 5.58. The van der Waals surface area contributed by atoms with E-state index in [1.165, 1.54) is 0 Å². The first-order valence-electron chi connectivity index (χ1n) is 10.1. The van der Waals surface area contributed by atoms with Crippen molar-refractivity contribution in [2.75, 3.05) is 45.8 Å². The Morgan fingerprint density at radius 2 is 1.89 bits per heavy atom. The van der Waals surface area contributed by atoms with Crippen LogP contribution in [0.15, 0.2) is 17.3 Å². The fraction of sp³-hybridized carbons (Fsp3) is 0.737. The number of aliphatic imine (C=N–C) groups is 1. The molecular weight excluding hydrogens is 342 g/mol. The molecule has 8 heteroatoms. The molecule has 2 aliphatic rings. The highest BCUT2D eigenvalue weighted by molar-refractivity contribution is 5.82. The molecule has 2 saturated heterocycles. The Hall–Kier alpha value is -2.09. The van der Waals surface area contributed by atoms with Gasteiger partial charge in [0.15, 0.2) is 5.96 Å². The van der Waals surface area contributed by atoms with Crippen molar-refractivity contribution in [2.24, 2.45) is 12.0 Å². The predicted molar refractivity (Wildman–Crippen MR) is 106 cm³/mol. The van der Waals surface area contributed by atoms with Crippen LogP contribution in [0.4, 0.5) is 0 Å². The Morgan fingerprint density at radius 3 is 2.48 bits per heavy atom. The van der Waals surface area contributed by atoms with Gasteiger partial charge in [-0.3, -0.25) is 14.4 Å². The quantitative estimate of drug-likeness (QED) is 0.600. The van der Waals surface area contributed by atoms with Crippen molar-refractivity contribution >= 4 is 11.9 Å². The number of likely N-dealkylation sites (tertiary alicyclic amines) is 1. The molecule has 8 nitrogen and oxygen atoms in total. The lowest BCUT2D eigenvalue weighted by atomic mass is 10.2. The van der Waals surface area contributed by atoms with Gasteiger partial charge >= 0.3 is 0 Å². The molecule has 0 radical (unpaired) electrons. The van der Waals surface area contributed by atoms with Crippen LogP contribution in [0.3, 0.4) is 0 Å². The van der Waals surface area contributed by atoms with E-state index in [1.807, 2.05) is 22.7 Å². The van der Waals surface area contributed by atoms with Crippen LogP contribution in [0.2, 0.25) is 0 Å². The summed E-state index contributed by atoms with van der Waals surface area (Å²) in [7, 11) is 1.94. The lowest BCUT2D eigenvalue weighted by molar-refractivity contribution is -0.135. The Morgan fingerprint density at radius 1 is 1.19 bits per heavy atom. The number of aryl methyl sites for hydroxylation is 1. The molecule has 0 spiro atoms. The summed E-state index contributed by atoms with van der Waals surface area (Å²) >= 11 is 0. The number of aromatic nitrogens is 2. The SMILES string of the molecule is CCNC(=NCc1ccnn1C)N1CCN(C(C)C(=O)N2CCCC2)CC1. The van der Waals surface area contributed by atoms with Gasteiger partial charge in [-0.05, 0) is 32.8 Å². The fourth-order valence-corrected chi connectivity index (χ4v) is 3.82. The maximum absolute atomic E-state index is 12.7. The summed E-state index contributed by atoms with van der Waals surface area (Å²) in [4.78, 5) is 24.1. The summed E-state index contributed by atoms with van der Waals surface area (Å²) in [5.74, 6) is 1.23. The van der Waals surface area contributed by atoms with E-state index < -0.39 is 0 Å². The summed E-state index contributed by atoms with van der Waals surface area (Å²) in [6.45, 7) is 11.0. The molecule has 1 amide bonds. The Balaban J connectivity index is 1.55. The number of piperazine rings is 1. The van der Waals surface area contributed by atoms with Gasteiger partial charge in [-0.2, -0.15) is 5.10 Å². The fourth-order valence-electron chi connectivity index (χ4n) is 3.82. The van der Waals surface area contributed by atoms with Crippen molar-refractivity contribution in [1.82, 2.24) is 29.8 Å². The molecule has 0 aromatic carbocycles. The van der Waals surface area contributed by atoms with Crippen LogP contribution in [-0.4, -0.2) is 88.2 Å². The molecule has 2 aliphatic heterocycles. The van der Waals surface area contributed by atoms with Gasteiger partial charge in [0.1, 0.15) is 0 Å². The summed E-state index contributed by atoms with van der Waals surface area (Å²) in [6.07, 6.45) is 4.09. The van der Waals surface area contributed by atoms with E-state index in [-0.39, 0.29) is 11.9 Å². The van der Waals surface area contributed by atoms with Gasteiger partial charge in [0.2, 0.25) is 5.91 Å². The van der Waals surface area contributed by atoms with Crippen LogP contribution in [0, 0.1) is 0 Å². The summed E-state index contributed by atoms with van der Waals surface area (Å²) < 4.78 is 1.86. The average Bonchev–Trinajstić information content (AvgIpc) is 3.36. The topological polar surface area (TPSA) is 69.0 Å². The highest BCUT2D eigenvalue weighted by Crippen LogP contribution is 2.14.